The fraction of sp³-hybridized carbons (Fsp3) is 0.591. The van der Waals surface area contributed by atoms with Gasteiger partial charge in [0.25, 0.3) is 0 Å². The Morgan fingerprint density at radius 3 is 1.54 bits per heavy atom. The van der Waals surface area contributed by atoms with E-state index in [-0.39, 0.29) is 50.9 Å². The lowest BCUT2D eigenvalue weighted by Crippen LogP contribution is -2.60. The lowest BCUT2D eigenvalue weighted by Gasteiger charge is -2.27. The van der Waals surface area contributed by atoms with Gasteiger partial charge in [0.05, 0.1) is 32.2 Å². The molecule has 2 rings (SSSR count). The van der Waals surface area contributed by atoms with Gasteiger partial charge < -0.3 is 90.9 Å². The summed E-state index contributed by atoms with van der Waals surface area (Å²) < 4.78 is 0. The molecule has 21 N–H and O–H groups in total. The Morgan fingerprint density at radius 1 is 0.556 bits per heavy atom. The minimum atomic E-state index is -1.85. The van der Waals surface area contributed by atoms with E-state index in [1.165, 1.54) is 0 Å². The lowest BCUT2D eigenvalue weighted by molar-refractivity contribution is -0.142. The highest BCUT2D eigenvalue weighted by Gasteiger charge is 2.34. The first-order valence-corrected chi connectivity index (χ1v) is 24.0. The molecule has 0 aliphatic carbocycles. The maximum Gasteiger partial charge on any atom is 0.327 e. The predicted molar refractivity (Wildman–Crippen MR) is 263 cm³/mol. The molecule has 2 aromatic rings. The highest BCUT2D eigenvalue weighted by atomic mass is 32.1. The Kier molecular flexibility index (Phi) is 28.5. The zero-order valence-corrected chi connectivity index (χ0v) is 40.8. The SMILES string of the molecule is NCCCC[C@H](NC(=O)[C@H](CO)NC(=O)[C@H](CCCCN)NC(=O)[C@H](Cc1c[nH]c2ccccc12)NC(=O)[C@H](CC(=O)O)NC(=O)CNC(=O)[C@H](CO)NC(=O)[C@@H](N)CCCCN)C(=O)N[C@@H](CS)C(=O)O. The first kappa shape index (κ1) is 61.7. The molecule has 0 fully saturated rings. The van der Waals surface area contributed by atoms with E-state index in [0.29, 0.717) is 55.1 Å². The molecule has 0 aliphatic heterocycles. The van der Waals surface area contributed by atoms with E-state index in [4.69, 9.17) is 22.9 Å². The number of aromatic amines is 1. The fourth-order valence-corrected chi connectivity index (χ4v) is 7.27. The van der Waals surface area contributed by atoms with Crippen molar-refractivity contribution in [2.24, 2.45) is 22.9 Å². The molecule has 1 aromatic carbocycles. The van der Waals surface area contributed by atoms with Crippen LogP contribution in [-0.4, -0.2) is 178 Å². The molecule has 0 radical (unpaired) electrons. The van der Waals surface area contributed by atoms with E-state index in [2.05, 4.69) is 60.1 Å². The van der Waals surface area contributed by atoms with Crippen molar-refractivity contribution in [3.05, 3.63) is 36.0 Å². The molecule has 0 saturated carbocycles. The summed E-state index contributed by atoms with van der Waals surface area (Å²) in [4.78, 5) is 134. The van der Waals surface area contributed by atoms with Crippen LogP contribution in [-0.2, 0) is 54.4 Å². The van der Waals surface area contributed by atoms with Crippen LogP contribution in [0.4, 0.5) is 0 Å². The van der Waals surface area contributed by atoms with Crippen LogP contribution in [0.1, 0.15) is 69.8 Å². The number of aliphatic hydroxyl groups is 2. The molecule has 8 atom stereocenters. The van der Waals surface area contributed by atoms with Crippen LogP contribution >= 0.6 is 12.6 Å². The molecular weight excluding hydrogens is 967 g/mol. The molecule has 0 saturated heterocycles. The quantitative estimate of drug-likeness (QED) is 0.0223. The second-order valence-corrected chi connectivity index (χ2v) is 17.1. The van der Waals surface area contributed by atoms with Gasteiger partial charge in [-0.3, -0.25) is 43.2 Å². The average Bonchev–Trinajstić information content (AvgIpc) is 3.76. The van der Waals surface area contributed by atoms with E-state index in [1.807, 2.05) is 0 Å². The van der Waals surface area contributed by atoms with Gasteiger partial charge in [0.2, 0.25) is 47.3 Å². The Labute approximate surface area is 420 Å². The summed E-state index contributed by atoms with van der Waals surface area (Å²) in [6.07, 6.45) is 2.99. The smallest absolute Gasteiger partial charge is 0.327 e. The number of para-hydroxylation sites is 1. The largest absolute Gasteiger partial charge is 0.481 e. The molecule has 8 amide bonds. The molecule has 0 aliphatic rings. The molecule has 72 heavy (non-hydrogen) atoms. The van der Waals surface area contributed by atoms with Gasteiger partial charge in [0, 0.05) is 29.3 Å². The summed E-state index contributed by atoms with van der Waals surface area (Å²) >= 11 is 3.94. The highest BCUT2D eigenvalue weighted by molar-refractivity contribution is 7.80. The van der Waals surface area contributed by atoms with E-state index in [9.17, 15) is 68.4 Å². The molecule has 1 heterocycles. The first-order valence-electron chi connectivity index (χ1n) is 23.4. The van der Waals surface area contributed by atoms with Crippen molar-refractivity contribution in [2.45, 2.75) is 119 Å². The second kappa shape index (κ2) is 33.3. The zero-order chi connectivity index (χ0) is 53.8. The Hall–Kier alpha value is -6.43. The fourth-order valence-electron chi connectivity index (χ4n) is 7.03. The monoisotopic (exact) mass is 1040 g/mol. The standard InChI is InChI=1S/C44H71N13O14S/c45-14-6-3-10-26(48)37(63)55-32(21-58)38(64)50-20-35(60)51-31(18-36(61)62)42(68)54-30(17-24-19-49-27-11-2-1-9-25(24)27)41(67)52-28(12-4-7-15-46)39(65)56-33(22-59)43(69)53-29(13-5-8-16-47)40(66)57-34(23-72)44(70)71/h1-2,9,11,19,26,28-34,49,58-59,72H,3-8,10,12-18,20-23,45-48H2,(H,50,64)(H,51,60)(H,52,67)(H,53,69)(H,54,68)(H,55,63)(H,56,65)(H,57,66)(H,61,62)(H,70,71)/t26-,28-,29-,30-,31-,32-,33-,34-/m0/s1. The van der Waals surface area contributed by atoms with Crippen LogP contribution in [0.25, 0.3) is 10.9 Å². The molecule has 0 spiro atoms. The summed E-state index contributed by atoms with van der Waals surface area (Å²) in [7, 11) is 0. The molecule has 1 aromatic heterocycles. The first-order chi connectivity index (χ1) is 34.3. The third-order valence-electron chi connectivity index (χ3n) is 11.1. The second-order valence-electron chi connectivity index (χ2n) is 16.7. The number of fused-ring (bicyclic) bond motifs is 1. The van der Waals surface area contributed by atoms with Gasteiger partial charge in [0.15, 0.2) is 0 Å². The van der Waals surface area contributed by atoms with E-state index >= 15 is 0 Å². The normalized spacial score (nSPS) is 14.4. The summed E-state index contributed by atoms with van der Waals surface area (Å²) in [6.45, 7) is -1.90. The molecule has 402 valence electrons. The van der Waals surface area contributed by atoms with Gasteiger partial charge in [-0.1, -0.05) is 24.6 Å². The number of benzene rings is 1. The number of nitrogens with one attached hydrogen (secondary N) is 9. The lowest BCUT2D eigenvalue weighted by atomic mass is 10.0. The van der Waals surface area contributed by atoms with Crippen molar-refractivity contribution in [2.75, 3.05) is 45.1 Å². The van der Waals surface area contributed by atoms with Crippen LogP contribution in [0.15, 0.2) is 30.5 Å². The van der Waals surface area contributed by atoms with Crippen molar-refractivity contribution >= 4 is 82.7 Å². The number of carbonyl (C=O) groups excluding carboxylic acids is 8. The van der Waals surface area contributed by atoms with Crippen molar-refractivity contribution < 1.29 is 68.4 Å². The van der Waals surface area contributed by atoms with Crippen molar-refractivity contribution in [1.82, 2.24) is 47.5 Å². The van der Waals surface area contributed by atoms with E-state index in [0.717, 1.165) is 0 Å². The molecule has 0 unspecified atom stereocenters. The Bertz CT molecular complexity index is 2130. The van der Waals surface area contributed by atoms with Gasteiger partial charge in [-0.05, 0) is 82.6 Å². The van der Waals surface area contributed by atoms with Crippen LogP contribution < -0.4 is 65.5 Å². The van der Waals surface area contributed by atoms with Crippen LogP contribution in [0.5, 0.6) is 0 Å². The third kappa shape index (κ3) is 21.5. The maximum absolute atomic E-state index is 14.3. The molecule has 28 heteroatoms. The summed E-state index contributed by atoms with van der Waals surface area (Å²) in [5.74, 6) is -11.1. The number of thiol groups is 1. The van der Waals surface area contributed by atoms with Crippen LogP contribution in [0.2, 0.25) is 0 Å². The zero-order valence-electron chi connectivity index (χ0n) is 39.9. The number of aliphatic hydroxyl groups excluding tert-OH is 2. The molecule has 0 bridgehead atoms. The van der Waals surface area contributed by atoms with E-state index < -0.39 is 134 Å². The van der Waals surface area contributed by atoms with Crippen molar-refractivity contribution in [3.8, 4) is 0 Å². The summed E-state index contributed by atoms with van der Waals surface area (Å²) in [5.41, 5.74) is 23.7. The maximum atomic E-state index is 14.3. The number of amides is 8. The van der Waals surface area contributed by atoms with Crippen molar-refractivity contribution in [1.29, 1.82) is 0 Å². The van der Waals surface area contributed by atoms with Gasteiger partial charge in [-0.2, -0.15) is 12.6 Å². The number of nitrogens with two attached hydrogens (primary N) is 4. The Balaban J connectivity index is 2.37. The number of aromatic nitrogens is 1. The number of carbonyl (C=O) groups is 10. The number of hydrogen-bond acceptors (Lipinski definition) is 17. The van der Waals surface area contributed by atoms with Gasteiger partial charge >= 0.3 is 11.9 Å². The molecule has 27 nitrogen and oxygen atoms in total. The number of carboxylic acids is 2. The van der Waals surface area contributed by atoms with Crippen LogP contribution in [0.3, 0.4) is 0 Å². The van der Waals surface area contributed by atoms with Gasteiger partial charge in [-0.25, -0.2) is 4.79 Å². The number of hydrogen-bond donors (Lipinski definition) is 18. The van der Waals surface area contributed by atoms with E-state index in [1.54, 1.807) is 30.5 Å². The van der Waals surface area contributed by atoms with Crippen molar-refractivity contribution in [3.63, 3.8) is 0 Å². The van der Waals surface area contributed by atoms with Crippen LogP contribution in [0, 0.1) is 0 Å². The number of unbranched alkanes of at least 4 members (excludes halogenated alkanes) is 3. The van der Waals surface area contributed by atoms with Gasteiger partial charge in [-0.15, -0.1) is 0 Å². The minimum Gasteiger partial charge on any atom is -0.481 e. The molecular formula is C44H71N13O14S. The number of aliphatic carboxylic acids is 2. The average molecular weight is 1040 g/mol. The summed E-state index contributed by atoms with van der Waals surface area (Å²) in [5, 5.41) is 58.5. The number of H-pyrrole nitrogens is 1. The topological polar surface area (TPSA) is 468 Å². The number of carboxylic acid groups (broad SMARTS) is 2. The Morgan fingerprint density at radius 2 is 1.01 bits per heavy atom. The van der Waals surface area contributed by atoms with Gasteiger partial charge in [0.1, 0.15) is 42.3 Å². The summed E-state index contributed by atoms with van der Waals surface area (Å²) in [6, 6.07) is -4.92. The minimum absolute atomic E-state index is 0.00726. The predicted octanol–water partition coefficient (Wildman–Crippen LogP) is -5.59. The number of rotatable bonds is 36. The third-order valence-corrected chi connectivity index (χ3v) is 11.4. The highest BCUT2D eigenvalue weighted by Crippen LogP contribution is 2.20.